The summed E-state index contributed by atoms with van der Waals surface area (Å²) in [5.74, 6) is 0. The van der Waals surface area contributed by atoms with Crippen LogP contribution in [0.1, 0.15) is 69.3 Å². The highest BCUT2D eigenvalue weighted by Crippen LogP contribution is 2.30. The number of aromatic nitrogens is 2. The average Bonchev–Trinajstić information content (AvgIpc) is 2.62. The van der Waals surface area contributed by atoms with E-state index in [-0.39, 0.29) is 12.1 Å². The van der Waals surface area contributed by atoms with Crippen LogP contribution in [-0.2, 0) is 0 Å². The third-order valence-electron chi connectivity index (χ3n) is 4.32. The second-order valence-electron chi connectivity index (χ2n) is 5.68. The summed E-state index contributed by atoms with van der Waals surface area (Å²) in [6.07, 6.45) is 7.22. The molecule has 1 saturated carbocycles. The second kappa shape index (κ2) is 6.53. The van der Waals surface area contributed by atoms with Gasteiger partial charge in [-0.15, -0.1) is 0 Å². The molecule has 1 fully saturated rings. The molecule has 4 nitrogen and oxygen atoms in total. The first kappa shape index (κ1) is 14.5. The molecule has 0 spiro atoms. The van der Waals surface area contributed by atoms with Crippen LogP contribution in [0.5, 0.6) is 0 Å². The van der Waals surface area contributed by atoms with Crippen LogP contribution in [0.2, 0.25) is 0 Å². The van der Waals surface area contributed by atoms with Gasteiger partial charge in [-0.1, -0.05) is 26.2 Å². The molecule has 0 bridgehead atoms. The predicted molar refractivity (Wildman–Crippen MR) is 77.2 cm³/mol. The third-order valence-corrected chi connectivity index (χ3v) is 4.32. The lowest BCUT2D eigenvalue weighted by molar-refractivity contribution is 0.0978. The number of nitrogens with one attached hydrogen (secondary N) is 1. The van der Waals surface area contributed by atoms with Crippen LogP contribution in [0.3, 0.4) is 0 Å². The Morgan fingerprint density at radius 2 is 2.16 bits per heavy atom. The summed E-state index contributed by atoms with van der Waals surface area (Å²) < 4.78 is 2.05. The number of hydrogen-bond acceptors (Lipinski definition) is 3. The van der Waals surface area contributed by atoms with Crippen molar-refractivity contribution >= 4 is 0 Å². The molecule has 1 heterocycles. The zero-order chi connectivity index (χ0) is 13.8. The topological polar surface area (TPSA) is 50.1 Å². The minimum atomic E-state index is -0.247. The van der Waals surface area contributed by atoms with Gasteiger partial charge in [-0.3, -0.25) is 4.68 Å². The van der Waals surface area contributed by atoms with Crippen molar-refractivity contribution in [3.05, 3.63) is 17.5 Å². The lowest BCUT2D eigenvalue weighted by Gasteiger charge is -2.23. The summed E-state index contributed by atoms with van der Waals surface area (Å²) in [5, 5.41) is 18.3. The van der Waals surface area contributed by atoms with Gasteiger partial charge in [-0.05, 0) is 33.2 Å². The van der Waals surface area contributed by atoms with Gasteiger partial charge >= 0.3 is 0 Å². The van der Waals surface area contributed by atoms with E-state index in [0.29, 0.717) is 6.04 Å². The Labute approximate surface area is 116 Å². The van der Waals surface area contributed by atoms with Crippen molar-refractivity contribution in [1.29, 1.82) is 0 Å². The number of aliphatic hydroxyl groups is 1. The van der Waals surface area contributed by atoms with Gasteiger partial charge in [0, 0.05) is 17.3 Å². The normalized spacial score (nSPS) is 26.1. The molecule has 0 radical (unpaired) electrons. The highest BCUT2D eigenvalue weighted by Gasteiger charge is 2.26. The lowest BCUT2D eigenvalue weighted by Crippen LogP contribution is -2.25. The van der Waals surface area contributed by atoms with E-state index in [9.17, 15) is 5.11 Å². The summed E-state index contributed by atoms with van der Waals surface area (Å²) in [4.78, 5) is 0. The standard InChI is InChI=1S/C15H27N3O/c1-4-16-11(2)13-10-17-18(12(13)3)14-8-6-5-7-9-15(14)19/h10-11,14-16,19H,4-9H2,1-3H3. The van der Waals surface area contributed by atoms with Crippen LogP contribution in [0.4, 0.5) is 0 Å². The number of nitrogens with zero attached hydrogens (tertiary/aromatic N) is 2. The largest absolute Gasteiger partial charge is 0.391 e. The Bertz CT molecular complexity index is 402. The van der Waals surface area contributed by atoms with E-state index < -0.39 is 0 Å². The molecule has 2 rings (SSSR count). The first-order valence-corrected chi connectivity index (χ1v) is 7.60. The van der Waals surface area contributed by atoms with Crippen molar-refractivity contribution in [3.8, 4) is 0 Å². The van der Waals surface area contributed by atoms with E-state index in [4.69, 9.17) is 0 Å². The van der Waals surface area contributed by atoms with Crippen LogP contribution in [0, 0.1) is 6.92 Å². The molecule has 0 amide bonds. The van der Waals surface area contributed by atoms with E-state index in [1.807, 2.05) is 6.20 Å². The van der Waals surface area contributed by atoms with Gasteiger partial charge in [0.05, 0.1) is 18.3 Å². The van der Waals surface area contributed by atoms with E-state index in [2.05, 4.69) is 35.9 Å². The maximum Gasteiger partial charge on any atom is 0.0781 e. The van der Waals surface area contributed by atoms with Gasteiger partial charge in [-0.2, -0.15) is 5.10 Å². The Morgan fingerprint density at radius 1 is 1.42 bits per heavy atom. The van der Waals surface area contributed by atoms with Crippen LogP contribution in [0.15, 0.2) is 6.20 Å². The lowest BCUT2D eigenvalue weighted by atomic mass is 10.1. The van der Waals surface area contributed by atoms with E-state index in [0.717, 1.165) is 25.8 Å². The molecular formula is C15H27N3O. The molecule has 1 aliphatic carbocycles. The molecule has 1 aromatic heterocycles. The third kappa shape index (κ3) is 3.18. The molecule has 108 valence electrons. The number of rotatable bonds is 4. The Balaban J connectivity index is 2.20. The number of hydrogen-bond donors (Lipinski definition) is 2. The Kier molecular flexibility index (Phi) is 4.99. The van der Waals surface area contributed by atoms with Crippen molar-refractivity contribution in [3.63, 3.8) is 0 Å². The van der Waals surface area contributed by atoms with Crippen molar-refractivity contribution in [2.24, 2.45) is 0 Å². The van der Waals surface area contributed by atoms with Crippen molar-refractivity contribution in [1.82, 2.24) is 15.1 Å². The average molecular weight is 265 g/mol. The molecule has 2 N–H and O–H groups in total. The quantitative estimate of drug-likeness (QED) is 0.823. The van der Waals surface area contributed by atoms with Crippen LogP contribution >= 0.6 is 0 Å². The first-order valence-electron chi connectivity index (χ1n) is 7.60. The highest BCUT2D eigenvalue weighted by atomic mass is 16.3. The Morgan fingerprint density at radius 3 is 2.89 bits per heavy atom. The molecule has 1 aliphatic rings. The van der Waals surface area contributed by atoms with Crippen LogP contribution in [-0.4, -0.2) is 27.5 Å². The predicted octanol–water partition coefficient (Wildman–Crippen LogP) is 2.73. The van der Waals surface area contributed by atoms with Crippen molar-refractivity contribution < 1.29 is 5.11 Å². The fourth-order valence-corrected chi connectivity index (χ4v) is 3.17. The molecule has 3 atom stereocenters. The smallest absolute Gasteiger partial charge is 0.0781 e. The fraction of sp³-hybridized carbons (Fsp3) is 0.800. The summed E-state index contributed by atoms with van der Waals surface area (Å²) in [6.45, 7) is 7.36. The maximum absolute atomic E-state index is 10.3. The fourth-order valence-electron chi connectivity index (χ4n) is 3.17. The summed E-state index contributed by atoms with van der Waals surface area (Å²) in [5.41, 5.74) is 2.44. The van der Waals surface area contributed by atoms with Gasteiger partial charge in [-0.25, -0.2) is 0 Å². The molecule has 19 heavy (non-hydrogen) atoms. The van der Waals surface area contributed by atoms with Crippen molar-refractivity contribution in [2.45, 2.75) is 71.1 Å². The minimum Gasteiger partial charge on any atom is -0.391 e. The monoisotopic (exact) mass is 265 g/mol. The minimum absolute atomic E-state index is 0.157. The van der Waals surface area contributed by atoms with E-state index in [1.54, 1.807) is 0 Å². The SMILES string of the molecule is CCNC(C)c1cnn(C2CCCCCC2O)c1C. The molecule has 0 saturated heterocycles. The summed E-state index contributed by atoms with van der Waals surface area (Å²) in [7, 11) is 0. The zero-order valence-electron chi connectivity index (χ0n) is 12.4. The summed E-state index contributed by atoms with van der Waals surface area (Å²) >= 11 is 0. The highest BCUT2D eigenvalue weighted by molar-refractivity contribution is 5.20. The maximum atomic E-state index is 10.3. The van der Waals surface area contributed by atoms with Crippen LogP contribution in [0.25, 0.3) is 0 Å². The molecule has 0 aliphatic heterocycles. The molecule has 4 heteroatoms. The first-order chi connectivity index (χ1) is 9.15. The van der Waals surface area contributed by atoms with Gasteiger partial charge in [0.15, 0.2) is 0 Å². The Hall–Kier alpha value is -0.870. The van der Waals surface area contributed by atoms with Gasteiger partial charge in [0.25, 0.3) is 0 Å². The molecular weight excluding hydrogens is 238 g/mol. The van der Waals surface area contributed by atoms with E-state index in [1.165, 1.54) is 24.1 Å². The molecule has 1 aromatic rings. The van der Waals surface area contributed by atoms with E-state index >= 15 is 0 Å². The molecule has 0 aromatic carbocycles. The van der Waals surface area contributed by atoms with Gasteiger partial charge < -0.3 is 10.4 Å². The van der Waals surface area contributed by atoms with Gasteiger partial charge in [0.1, 0.15) is 0 Å². The second-order valence-corrected chi connectivity index (χ2v) is 5.68. The number of aliphatic hydroxyl groups excluding tert-OH is 1. The van der Waals surface area contributed by atoms with Crippen molar-refractivity contribution in [2.75, 3.05) is 6.54 Å². The molecule has 3 unspecified atom stereocenters. The summed E-state index contributed by atoms with van der Waals surface area (Å²) in [6, 6.07) is 0.478. The zero-order valence-corrected chi connectivity index (χ0v) is 12.4. The van der Waals surface area contributed by atoms with Gasteiger partial charge in [0.2, 0.25) is 0 Å². The van der Waals surface area contributed by atoms with Crippen LogP contribution < -0.4 is 5.32 Å².